The van der Waals surface area contributed by atoms with Crippen molar-refractivity contribution in [2.75, 3.05) is 26.3 Å². The molecule has 1 aliphatic heterocycles. The molecule has 1 aliphatic rings. The van der Waals surface area contributed by atoms with E-state index in [1.165, 1.54) is 0 Å². The lowest BCUT2D eigenvalue weighted by Crippen LogP contribution is -2.53. The van der Waals surface area contributed by atoms with Gasteiger partial charge in [-0.3, -0.25) is 14.4 Å². The van der Waals surface area contributed by atoms with Crippen molar-refractivity contribution in [3.8, 4) is 0 Å². The van der Waals surface area contributed by atoms with Crippen molar-refractivity contribution in [3.05, 3.63) is 0 Å². The average Bonchev–Trinajstić information content (AvgIpc) is 2.57. The largest absolute Gasteiger partial charge is 0.480 e. The quantitative estimate of drug-likeness (QED) is 0.539. The van der Waals surface area contributed by atoms with Gasteiger partial charge in [-0.05, 0) is 6.92 Å². The summed E-state index contributed by atoms with van der Waals surface area (Å²) in [5, 5.41) is 17.4. The number of amides is 1. The second-order valence-corrected chi connectivity index (χ2v) is 4.49. The lowest BCUT2D eigenvalue weighted by atomic mass is 9.84. The first-order valence-electron chi connectivity index (χ1n) is 5.33. The van der Waals surface area contributed by atoms with Crippen LogP contribution in [0, 0.1) is 5.41 Å². The number of nitrogens with two attached hydrogens (primary N) is 1. The molecule has 4 N–H and O–H groups in total. The first-order valence-corrected chi connectivity index (χ1v) is 5.33. The highest BCUT2D eigenvalue weighted by molar-refractivity contribution is 5.89. The van der Waals surface area contributed by atoms with Crippen LogP contribution in [-0.4, -0.2) is 65.3 Å². The zero-order valence-electron chi connectivity index (χ0n) is 9.96. The van der Waals surface area contributed by atoms with Gasteiger partial charge >= 0.3 is 11.9 Å². The van der Waals surface area contributed by atoms with Crippen LogP contribution in [0.5, 0.6) is 0 Å². The summed E-state index contributed by atoms with van der Waals surface area (Å²) in [4.78, 5) is 34.2. The molecule has 0 bridgehead atoms. The van der Waals surface area contributed by atoms with Crippen molar-refractivity contribution in [1.29, 1.82) is 0 Å². The maximum Gasteiger partial charge on any atom is 0.323 e. The van der Waals surface area contributed by atoms with Crippen molar-refractivity contribution in [3.63, 3.8) is 0 Å². The van der Waals surface area contributed by atoms with Crippen molar-refractivity contribution >= 4 is 17.8 Å². The van der Waals surface area contributed by atoms with E-state index < -0.39 is 42.4 Å². The lowest BCUT2D eigenvalue weighted by molar-refractivity contribution is -0.154. The van der Waals surface area contributed by atoms with Gasteiger partial charge in [0.2, 0.25) is 5.91 Å². The summed E-state index contributed by atoms with van der Waals surface area (Å²) >= 11 is 0. The number of carbonyl (C=O) groups excluding carboxylic acids is 1. The van der Waals surface area contributed by atoms with Crippen molar-refractivity contribution in [2.45, 2.75) is 13.0 Å². The predicted octanol–water partition coefficient (Wildman–Crippen LogP) is -1.65. The minimum absolute atomic E-state index is 0.0583. The molecule has 0 aromatic rings. The van der Waals surface area contributed by atoms with Gasteiger partial charge in [0.1, 0.15) is 13.1 Å². The highest BCUT2D eigenvalue weighted by Gasteiger charge is 2.47. The molecular formula is C10H16N2O6. The first-order chi connectivity index (χ1) is 8.27. The number of carboxylic acid groups (broad SMARTS) is 2. The number of hydrogen-bond acceptors (Lipinski definition) is 5. The van der Waals surface area contributed by atoms with Gasteiger partial charge in [-0.15, -0.1) is 0 Å². The van der Waals surface area contributed by atoms with Gasteiger partial charge in [-0.2, -0.15) is 0 Å². The Hall–Kier alpha value is -1.67. The first kappa shape index (κ1) is 14.4. The Morgan fingerprint density at radius 3 is 2.17 bits per heavy atom. The maximum atomic E-state index is 12.2. The van der Waals surface area contributed by atoms with Crippen LogP contribution < -0.4 is 5.73 Å². The number of carboxylic acids is 2. The van der Waals surface area contributed by atoms with Crippen LogP contribution in [0.25, 0.3) is 0 Å². The Morgan fingerprint density at radius 2 is 1.83 bits per heavy atom. The molecule has 1 rings (SSSR count). The molecule has 0 aliphatic carbocycles. The lowest BCUT2D eigenvalue weighted by Gasteiger charge is -2.31. The van der Waals surface area contributed by atoms with E-state index in [9.17, 15) is 14.4 Å². The molecular weight excluding hydrogens is 244 g/mol. The third-order valence-corrected chi connectivity index (χ3v) is 2.95. The number of aliphatic carboxylic acids is 2. The molecule has 18 heavy (non-hydrogen) atoms. The second-order valence-electron chi connectivity index (χ2n) is 4.49. The Kier molecular flexibility index (Phi) is 4.25. The summed E-state index contributed by atoms with van der Waals surface area (Å²) in [5.74, 6) is -3.17. The molecule has 2 atom stereocenters. The molecule has 0 aromatic heterocycles. The van der Waals surface area contributed by atoms with Gasteiger partial charge in [0.05, 0.1) is 18.6 Å². The number of carbonyl (C=O) groups is 3. The molecule has 1 heterocycles. The average molecular weight is 260 g/mol. The van der Waals surface area contributed by atoms with E-state index in [4.69, 9.17) is 20.7 Å². The third kappa shape index (κ3) is 2.96. The van der Waals surface area contributed by atoms with Crippen LogP contribution in [0.2, 0.25) is 0 Å². The molecule has 1 amide bonds. The molecule has 8 nitrogen and oxygen atoms in total. The molecule has 1 fully saturated rings. The molecule has 8 heteroatoms. The van der Waals surface area contributed by atoms with E-state index in [0.29, 0.717) is 0 Å². The van der Waals surface area contributed by atoms with Gasteiger partial charge in [-0.25, -0.2) is 0 Å². The van der Waals surface area contributed by atoms with Crippen LogP contribution in [-0.2, 0) is 19.1 Å². The molecule has 0 spiro atoms. The van der Waals surface area contributed by atoms with Gasteiger partial charge in [0, 0.05) is 6.04 Å². The standard InChI is InChI=1S/C10H16N2O6/c1-10(5-18-4-6(10)11)9(17)12(2-7(13)14)3-8(15)16/h6H,2-5,11H2,1H3,(H,13,14)(H,15,16). The fourth-order valence-corrected chi connectivity index (χ4v) is 1.80. The molecule has 1 saturated heterocycles. The Labute approximate surface area is 103 Å². The SMILES string of the molecule is CC1(C(=O)N(CC(=O)O)CC(=O)O)COCC1N. The predicted molar refractivity (Wildman–Crippen MR) is 58.8 cm³/mol. The van der Waals surface area contributed by atoms with Gasteiger partial charge < -0.3 is 25.6 Å². The van der Waals surface area contributed by atoms with Crippen LogP contribution in [0.1, 0.15) is 6.92 Å². The third-order valence-electron chi connectivity index (χ3n) is 2.95. The zero-order chi connectivity index (χ0) is 13.9. The van der Waals surface area contributed by atoms with E-state index in [1.807, 2.05) is 0 Å². The minimum atomic E-state index is -1.28. The van der Waals surface area contributed by atoms with Crippen LogP contribution in [0.3, 0.4) is 0 Å². The molecule has 102 valence electrons. The number of hydrogen-bond donors (Lipinski definition) is 3. The fraction of sp³-hybridized carbons (Fsp3) is 0.700. The fourth-order valence-electron chi connectivity index (χ4n) is 1.80. The van der Waals surface area contributed by atoms with Crippen LogP contribution in [0.15, 0.2) is 0 Å². The van der Waals surface area contributed by atoms with E-state index in [-0.39, 0.29) is 13.2 Å². The summed E-state index contributed by atoms with van der Waals surface area (Å²) in [5.41, 5.74) is 4.67. The highest BCUT2D eigenvalue weighted by atomic mass is 16.5. The summed E-state index contributed by atoms with van der Waals surface area (Å²) in [6.45, 7) is 0.448. The Balaban J connectivity index is 2.87. The van der Waals surface area contributed by atoms with Crippen LogP contribution in [0.4, 0.5) is 0 Å². The molecule has 0 radical (unpaired) electrons. The van der Waals surface area contributed by atoms with Crippen molar-refractivity contribution in [2.24, 2.45) is 11.1 Å². The number of nitrogens with zero attached hydrogens (tertiary/aromatic N) is 1. The molecule has 0 saturated carbocycles. The van der Waals surface area contributed by atoms with E-state index in [1.54, 1.807) is 6.92 Å². The maximum absolute atomic E-state index is 12.2. The van der Waals surface area contributed by atoms with E-state index in [0.717, 1.165) is 4.90 Å². The minimum Gasteiger partial charge on any atom is -0.480 e. The summed E-state index contributed by atoms with van der Waals surface area (Å²) < 4.78 is 5.09. The Bertz CT molecular complexity index is 355. The summed E-state index contributed by atoms with van der Waals surface area (Å²) in [6.07, 6.45) is 0. The summed E-state index contributed by atoms with van der Waals surface area (Å²) in [7, 11) is 0. The van der Waals surface area contributed by atoms with Gasteiger partial charge in [0.15, 0.2) is 0 Å². The van der Waals surface area contributed by atoms with E-state index in [2.05, 4.69) is 0 Å². The number of rotatable bonds is 5. The molecule has 2 unspecified atom stereocenters. The van der Waals surface area contributed by atoms with Gasteiger partial charge in [-0.1, -0.05) is 0 Å². The second kappa shape index (κ2) is 5.32. The monoisotopic (exact) mass is 260 g/mol. The topological polar surface area (TPSA) is 130 Å². The highest BCUT2D eigenvalue weighted by Crippen LogP contribution is 2.29. The number of ether oxygens (including phenoxy) is 1. The molecule has 0 aromatic carbocycles. The van der Waals surface area contributed by atoms with Crippen LogP contribution >= 0.6 is 0 Å². The van der Waals surface area contributed by atoms with Gasteiger partial charge in [0.25, 0.3) is 0 Å². The summed E-state index contributed by atoms with van der Waals surface area (Å²) in [6, 6.07) is -0.574. The zero-order valence-corrected chi connectivity index (χ0v) is 9.96. The van der Waals surface area contributed by atoms with Crippen molar-refractivity contribution < 1.29 is 29.3 Å². The normalized spacial score (nSPS) is 26.9. The smallest absolute Gasteiger partial charge is 0.323 e. The Morgan fingerprint density at radius 1 is 1.33 bits per heavy atom. The van der Waals surface area contributed by atoms with E-state index >= 15 is 0 Å². The van der Waals surface area contributed by atoms with Crippen molar-refractivity contribution in [1.82, 2.24) is 4.90 Å².